The summed E-state index contributed by atoms with van der Waals surface area (Å²) in [5.74, 6) is 0.325. The van der Waals surface area contributed by atoms with Gasteiger partial charge in [-0.15, -0.1) is 0 Å². The van der Waals surface area contributed by atoms with Crippen molar-refractivity contribution in [1.29, 1.82) is 0 Å². The predicted molar refractivity (Wildman–Crippen MR) is 85.7 cm³/mol. The third-order valence-electron chi connectivity index (χ3n) is 4.92. The Morgan fingerprint density at radius 2 is 1.90 bits per heavy atom. The second-order valence-corrected chi connectivity index (χ2v) is 6.02. The Labute approximate surface area is 128 Å². The third-order valence-corrected chi connectivity index (χ3v) is 4.92. The van der Waals surface area contributed by atoms with Crippen LogP contribution in [0.25, 0.3) is 0 Å². The smallest absolute Gasteiger partial charge is 0.115 e. The second kappa shape index (κ2) is 7.25. The molecule has 1 aliphatic rings. The van der Waals surface area contributed by atoms with Crippen LogP contribution in [0.1, 0.15) is 25.8 Å². The van der Waals surface area contributed by atoms with Gasteiger partial charge in [0.2, 0.25) is 0 Å². The first-order valence-electron chi connectivity index (χ1n) is 7.88. The molecular weight excluding hydrogens is 264 g/mol. The molecule has 4 heteroatoms. The van der Waals surface area contributed by atoms with Crippen molar-refractivity contribution in [2.75, 3.05) is 33.4 Å². The van der Waals surface area contributed by atoms with Gasteiger partial charge in [-0.1, -0.05) is 19.1 Å². The minimum absolute atomic E-state index is 0.108. The van der Waals surface area contributed by atoms with E-state index < -0.39 is 0 Å². The van der Waals surface area contributed by atoms with Crippen LogP contribution in [0.15, 0.2) is 24.3 Å². The number of phenolic OH excluding ortho intramolecular Hbond substituents is 1. The summed E-state index contributed by atoms with van der Waals surface area (Å²) in [7, 11) is 2.04. The van der Waals surface area contributed by atoms with Gasteiger partial charge in [0, 0.05) is 24.7 Å². The second-order valence-electron chi connectivity index (χ2n) is 6.02. The lowest BCUT2D eigenvalue weighted by molar-refractivity contribution is -0.0313. The highest BCUT2D eigenvalue weighted by atomic mass is 16.5. The lowest BCUT2D eigenvalue weighted by Gasteiger charge is -2.48. The molecule has 2 unspecified atom stereocenters. The first kappa shape index (κ1) is 16.3. The van der Waals surface area contributed by atoms with Gasteiger partial charge in [-0.3, -0.25) is 4.90 Å². The van der Waals surface area contributed by atoms with Crippen molar-refractivity contribution in [1.82, 2.24) is 10.2 Å². The molecule has 1 fully saturated rings. The summed E-state index contributed by atoms with van der Waals surface area (Å²) in [6, 6.07) is 7.91. The minimum atomic E-state index is 0.108. The SMILES string of the molecule is CCC(C)(C(Cc1ccc(O)cc1)NC)N1CCOCC1. The van der Waals surface area contributed by atoms with Gasteiger partial charge < -0.3 is 15.2 Å². The number of likely N-dealkylation sites (N-methyl/N-ethyl adjacent to an activating group) is 1. The number of phenols is 1. The fourth-order valence-corrected chi connectivity index (χ4v) is 3.27. The van der Waals surface area contributed by atoms with Crippen molar-refractivity contribution in [2.24, 2.45) is 0 Å². The standard InChI is InChI=1S/C17H28N2O2/c1-4-17(2,19-9-11-21-12-10-19)16(18-3)13-14-5-7-15(20)8-6-14/h5-8,16,18,20H,4,9-13H2,1-3H3. The van der Waals surface area contributed by atoms with Crippen LogP contribution in [0.2, 0.25) is 0 Å². The van der Waals surface area contributed by atoms with Crippen molar-refractivity contribution >= 4 is 0 Å². The first-order chi connectivity index (χ1) is 10.1. The zero-order valence-corrected chi connectivity index (χ0v) is 13.4. The maximum Gasteiger partial charge on any atom is 0.115 e. The summed E-state index contributed by atoms with van der Waals surface area (Å²) in [6.07, 6.45) is 2.05. The summed E-state index contributed by atoms with van der Waals surface area (Å²) in [6.45, 7) is 8.25. The average molecular weight is 292 g/mol. The Balaban J connectivity index is 2.13. The predicted octanol–water partition coefficient (Wildman–Crippen LogP) is 2.02. The molecule has 2 atom stereocenters. The molecular formula is C17H28N2O2. The number of rotatable bonds is 6. The van der Waals surface area contributed by atoms with Crippen LogP contribution in [-0.2, 0) is 11.2 Å². The maximum absolute atomic E-state index is 9.42. The van der Waals surface area contributed by atoms with Crippen LogP contribution in [0.3, 0.4) is 0 Å². The van der Waals surface area contributed by atoms with Gasteiger partial charge in [-0.2, -0.15) is 0 Å². The van der Waals surface area contributed by atoms with Gasteiger partial charge >= 0.3 is 0 Å². The molecule has 118 valence electrons. The van der Waals surface area contributed by atoms with Crippen LogP contribution in [0.4, 0.5) is 0 Å². The normalized spacial score (nSPS) is 20.9. The van der Waals surface area contributed by atoms with E-state index in [9.17, 15) is 5.11 Å². The van der Waals surface area contributed by atoms with E-state index in [0.29, 0.717) is 11.8 Å². The molecule has 1 saturated heterocycles. The van der Waals surface area contributed by atoms with E-state index in [-0.39, 0.29) is 5.54 Å². The summed E-state index contributed by atoms with van der Waals surface area (Å²) in [5.41, 5.74) is 1.36. The molecule has 1 aliphatic heterocycles. The zero-order valence-electron chi connectivity index (χ0n) is 13.4. The highest BCUT2D eigenvalue weighted by Crippen LogP contribution is 2.27. The fraction of sp³-hybridized carbons (Fsp3) is 0.647. The number of hydrogen-bond acceptors (Lipinski definition) is 4. The summed E-state index contributed by atoms with van der Waals surface area (Å²) in [5, 5.41) is 12.9. The molecule has 0 aliphatic carbocycles. The van der Waals surface area contributed by atoms with Crippen LogP contribution in [-0.4, -0.2) is 54.9 Å². The van der Waals surface area contributed by atoms with E-state index in [1.807, 2.05) is 19.2 Å². The van der Waals surface area contributed by atoms with Crippen molar-refractivity contribution < 1.29 is 9.84 Å². The largest absolute Gasteiger partial charge is 0.508 e. The number of hydrogen-bond donors (Lipinski definition) is 2. The van der Waals surface area contributed by atoms with Gasteiger partial charge in [0.05, 0.1) is 13.2 Å². The maximum atomic E-state index is 9.42. The van der Waals surface area contributed by atoms with Crippen LogP contribution in [0, 0.1) is 0 Å². The van der Waals surface area contributed by atoms with Gasteiger partial charge in [0.1, 0.15) is 5.75 Å². The molecule has 0 saturated carbocycles. The van der Waals surface area contributed by atoms with E-state index in [4.69, 9.17) is 4.74 Å². The first-order valence-corrected chi connectivity index (χ1v) is 7.88. The number of nitrogens with one attached hydrogen (secondary N) is 1. The number of nitrogens with zero attached hydrogens (tertiary/aromatic N) is 1. The molecule has 0 aromatic heterocycles. The highest BCUT2D eigenvalue weighted by Gasteiger charge is 2.38. The molecule has 1 aromatic rings. The highest BCUT2D eigenvalue weighted by molar-refractivity contribution is 5.27. The lowest BCUT2D eigenvalue weighted by atomic mass is 9.83. The molecule has 0 bridgehead atoms. The van der Waals surface area contributed by atoms with Crippen LogP contribution >= 0.6 is 0 Å². The molecule has 4 nitrogen and oxygen atoms in total. The van der Waals surface area contributed by atoms with E-state index in [2.05, 4.69) is 24.1 Å². The zero-order chi connectivity index (χ0) is 15.3. The molecule has 1 heterocycles. The summed E-state index contributed by atoms with van der Waals surface area (Å²) >= 11 is 0. The van der Waals surface area contributed by atoms with Crippen LogP contribution in [0.5, 0.6) is 5.75 Å². The molecule has 0 radical (unpaired) electrons. The Morgan fingerprint density at radius 3 is 2.43 bits per heavy atom. The quantitative estimate of drug-likeness (QED) is 0.842. The molecule has 21 heavy (non-hydrogen) atoms. The van der Waals surface area contributed by atoms with E-state index in [1.54, 1.807) is 12.1 Å². The van der Waals surface area contributed by atoms with Gasteiger partial charge in [0.25, 0.3) is 0 Å². The van der Waals surface area contributed by atoms with Gasteiger partial charge in [-0.05, 0) is 44.5 Å². The van der Waals surface area contributed by atoms with E-state index in [1.165, 1.54) is 5.56 Å². The topological polar surface area (TPSA) is 44.7 Å². The molecule has 0 amide bonds. The Morgan fingerprint density at radius 1 is 1.29 bits per heavy atom. The summed E-state index contributed by atoms with van der Waals surface area (Å²) in [4.78, 5) is 2.55. The minimum Gasteiger partial charge on any atom is -0.508 e. The van der Waals surface area contributed by atoms with E-state index >= 15 is 0 Å². The third kappa shape index (κ3) is 3.76. The van der Waals surface area contributed by atoms with Crippen molar-refractivity contribution in [2.45, 2.75) is 38.3 Å². The molecule has 1 aromatic carbocycles. The number of morpholine rings is 1. The van der Waals surface area contributed by atoms with Gasteiger partial charge in [-0.25, -0.2) is 0 Å². The molecule has 2 rings (SSSR count). The monoisotopic (exact) mass is 292 g/mol. The lowest BCUT2D eigenvalue weighted by Crippen LogP contribution is -2.61. The Kier molecular flexibility index (Phi) is 5.62. The Hall–Kier alpha value is -1.10. The van der Waals surface area contributed by atoms with Crippen molar-refractivity contribution in [3.63, 3.8) is 0 Å². The molecule has 2 N–H and O–H groups in total. The van der Waals surface area contributed by atoms with Crippen molar-refractivity contribution in [3.8, 4) is 5.75 Å². The Bertz CT molecular complexity index is 429. The number of ether oxygens (including phenoxy) is 1. The number of benzene rings is 1. The summed E-state index contributed by atoms with van der Waals surface area (Å²) < 4.78 is 5.49. The molecule has 0 spiro atoms. The average Bonchev–Trinajstić information content (AvgIpc) is 2.54. The fourth-order valence-electron chi connectivity index (χ4n) is 3.27. The van der Waals surface area contributed by atoms with Crippen LogP contribution < -0.4 is 5.32 Å². The number of aromatic hydroxyl groups is 1. The van der Waals surface area contributed by atoms with Gasteiger partial charge in [0.15, 0.2) is 0 Å². The van der Waals surface area contributed by atoms with Crippen molar-refractivity contribution in [3.05, 3.63) is 29.8 Å². The van der Waals surface area contributed by atoms with E-state index in [0.717, 1.165) is 39.1 Å².